The van der Waals surface area contributed by atoms with Gasteiger partial charge < -0.3 is 9.64 Å². The van der Waals surface area contributed by atoms with Gasteiger partial charge in [0.2, 0.25) is 5.91 Å². The average Bonchev–Trinajstić information content (AvgIpc) is 2.72. The number of rotatable bonds is 7. The minimum atomic E-state index is -0.00780. The Morgan fingerprint density at radius 1 is 1.04 bits per heavy atom. The van der Waals surface area contributed by atoms with Gasteiger partial charge in [0.15, 0.2) is 0 Å². The maximum absolute atomic E-state index is 12.4. The van der Waals surface area contributed by atoms with E-state index in [9.17, 15) is 4.79 Å². The Morgan fingerprint density at radius 3 is 2.25 bits per heavy atom. The lowest BCUT2D eigenvalue weighted by molar-refractivity contribution is -0.123. The Balaban J connectivity index is 1.87. The van der Waals surface area contributed by atoms with Gasteiger partial charge in [-0.05, 0) is 44.5 Å². The molecule has 3 heteroatoms. The molecule has 2 aromatic carbocycles. The Labute approximate surface area is 167 Å². The molecule has 3 nitrogen and oxygen atoms in total. The van der Waals surface area contributed by atoms with Crippen molar-refractivity contribution in [3.8, 4) is 0 Å². The molecular weight excluding hydrogens is 346 g/mol. The number of carbonyl (C=O) groups excluding carboxylic acids is 1. The summed E-state index contributed by atoms with van der Waals surface area (Å²) in [6, 6.07) is 20.0. The summed E-state index contributed by atoms with van der Waals surface area (Å²) in [5, 5.41) is 0. The first-order chi connectivity index (χ1) is 13.6. The van der Waals surface area contributed by atoms with Crippen molar-refractivity contribution in [1.82, 2.24) is 0 Å². The predicted molar refractivity (Wildman–Crippen MR) is 115 cm³/mol. The van der Waals surface area contributed by atoms with E-state index in [0.29, 0.717) is 13.0 Å². The van der Waals surface area contributed by atoms with Crippen LogP contribution in [0.5, 0.6) is 0 Å². The summed E-state index contributed by atoms with van der Waals surface area (Å²) in [5.41, 5.74) is 4.21. The SMILES string of the molecule is C\C=C(C)/C=C(OCc1ccccc1)\C(=C/C)C1CC(=O)N1c1ccccc1. The standard InChI is InChI=1S/C25H27NO2/c1-4-19(3)16-24(28-18-20-12-8-6-9-13-20)22(5-2)23-17-25(27)26(23)21-14-10-7-11-15-21/h4-16,23H,17-18H2,1-3H3/b19-4-,22-5-,24-16+. The monoisotopic (exact) mass is 373 g/mol. The third kappa shape index (κ3) is 4.42. The molecular formula is C25H27NO2. The highest BCUT2D eigenvalue weighted by atomic mass is 16.5. The molecule has 0 radical (unpaired) electrons. The molecule has 0 bridgehead atoms. The van der Waals surface area contributed by atoms with E-state index in [0.717, 1.165) is 28.2 Å². The minimum Gasteiger partial charge on any atom is -0.489 e. The first-order valence-electron chi connectivity index (χ1n) is 9.69. The molecule has 1 heterocycles. The topological polar surface area (TPSA) is 29.5 Å². The average molecular weight is 373 g/mol. The molecule has 1 atom stereocenters. The summed E-state index contributed by atoms with van der Waals surface area (Å²) in [7, 11) is 0. The van der Waals surface area contributed by atoms with Crippen molar-refractivity contribution >= 4 is 11.6 Å². The van der Waals surface area contributed by atoms with Crippen molar-refractivity contribution in [3.63, 3.8) is 0 Å². The highest BCUT2D eigenvalue weighted by Crippen LogP contribution is 2.35. The smallest absolute Gasteiger partial charge is 0.230 e. The molecule has 1 unspecified atom stereocenters. The second-order valence-electron chi connectivity index (χ2n) is 6.88. The van der Waals surface area contributed by atoms with Crippen LogP contribution in [0, 0.1) is 0 Å². The quantitative estimate of drug-likeness (QED) is 0.348. The number of ether oxygens (including phenoxy) is 1. The third-order valence-electron chi connectivity index (χ3n) is 4.99. The van der Waals surface area contributed by atoms with Crippen molar-refractivity contribution in [2.75, 3.05) is 4.90 Å². The van der Waals surface area contributed by atoms with Gasteiger partial charge in [-0.25, -0.2) is 0 Å². The number of nitrogens with zero attached hydrogens (tertiary/aromatic N) is 1. The van der Waals surface area contributed by atoms with Gasteiger partial charge in [-0.3, -0.25) is 4.79 Å². The van der Waals surface area contributed by atoms with E-state index in [1.165, 1.54) is 0 Å². The number of amides is 1. The zero-order valence-electron chi connectivity index (χ0n) is 16.8. The van der Waals surface area contributed by atoms with Gasteiger partial charge in [0.25, 0.3) is 0 Å². The lowest BCUT2D eigenvalue weighted by atomic mass is 9.90. The molecule has 144 valence electrons. The predicted octanol–water partition coefficient (Wildman–Crippen LogP) is 5.81. The second-order valence-corrected chi connectivity index (χ2v) is 6.88. The lowest BCUT2D eigenvalue weighted by Crippen LogP contribution is -2.54. The molecule has 1 saturated heterocycles. The van der Waals surface area contributed by atoms with Crippen molar-refractivity contribution in [1.29, 1.82) is 0 Å². The number of hydrogen-bond donors (Lipinski definition) is 0. The van der Waals surface area contributed by atoms with Crippen LogP contribution in [0.2, 0.25) is 0 Å². The van der Waals surface area contributed by atoms with Crippen LogP contribution < -0.4 is 4.90 Å². The molecule has 1 aliphatic heterocycles. The summed E-state index contributed by atoms with van der Waals surface area (Å²) in [4.78, 5) is 14.2. The molecule has 3 rings (SSSR count). The summed E-state index contributed by atoms with van der Waals surface area (Å²) in [6.07, 6.45) is 6.67. The fourth-order valence-electron chi connectivity index (χ4n) is 3.31. The summed E-state index contributed by atoms with van der Waals surface area (Å²) < 4.78 is 6.24. The number of benzene rings is 2. The molecule has 2 aromatic rings. The first kappa shape index (κ1) is 19.7. The summed E-state index contributed by atoms with van der Waals surface area (Å²) in [6.45, 7) is 6.57. The van der Waals surface area contributed by atoms with Crippen molar-refractivity contribution < 1.29 is 9.53 Å². The number of carbonyl (C=O) groups is 1. The zero-order chi connectivity index (χ0) is 19.9. The zero-order valence-corrected chi connectivity index (χ0v) is 16.8. The van der Waals surface area contributed by atoms with E-state index in [4.69, 9.17) is 4.74 Å². The van der Waals surface area contributed by atoms with Crippen LogP contribution in [0.1, 0.15) is 32.8 Å². The van der Waals surface area contributed by atoms with E-state index in [2.05, 4.69) is 37.3 Å². The first-order valence-corrected chi connectivity index (χ1v) is 9.69. The number of para-hydroxylation sites is 1. The van der Waals surface area contributed by atoms with Crippen LogP contribution in [0.15, 0.2) is 95.8 Å². The van der Waals surface area contributed by atoms with Crippen LogP contribution in [0.4, 0.5) is 5.69 Å². The second kappa shape index (κ2) is 9.23. The number of allylic oxidation sites excluding steroid dienone is 4. The normalized spacial score (nSPS) is 18.1. The Kier molecular flexibility index (Phi) is 6.49. The van der Waals surface area contributed by atoms with Crippen LogP contribution in [0.25, 0.3) is 0 Å². The maximum Gasteiger partial charge on any atom is 0.230 e. The van der Waals surface area contributed by atoms with E-state index >= 15 is 0 Å². The fourth-order valence-corrected chi connectivity index (χ4v) is 3.31. The lowest BCUT2D eigenvalue weighted by Gasteiger charge is -2.42. The maximum atomic E-state index is 12.4. The molecule has 0 aliphatic carbocycles. The molecule has 1 aliphatic rings. The molecule has 0 spiro atoms. The van der Waals surface area contributed by atoms with E-state index in [1.54, 1.807) is 0 Å². The van der Waals surface area contributed by atoms with Crippen LogP contribution in [-0.2, 0) is 16.1 Å². The van der Waals surface area contributed by atoms with Gasteiger partial charge in [0.1, 0.15) is 12.4 Å². The van der Waals surface area contributed by atoms with Crippen molar-refractivity contribution in [2.45, 2.75) is 39.8 Å². The Morgan fingerprint density at radius 2 is 1.68 bits per heavy atom. The Bertz CT molecular complexity index is 895. The molecule has 0 saturated carbocycles. The highest BCUT2D eigenvalue weighted by molar-refractivity contribution is 6.02. The third-order valence-corrected chi connectivity index (χ3v) is 4.99. The highest BCUT2D eigenvalue weighted by Gasteiger charge is 2.40. The van der Waals surface area contributed by atoms with Crippen molar-refractivity contribution in [3.05, 3.63) is 101 Å². The van der Waals surface area contributed by atoms with Crippen LogP contribution in [0.3, 0.4) is 0 Å². The Hall–Kier alpha value is -3.07. The van der Waals surface area contributed by atoms with Gasteiger partial charge in [0, 0.05) is 11.3 Å². The summed E-state index contributed by atoms with van der Waals surface area (Å²) >= 11 is 0. The number of hydrogen-bond acceptors (Lipinski definition) is 2. The minimum absolute atomic E-state index is 0.00780. The van der Waals surface area contributed by atoms with Gasteiger partial charge in [0.05, 0.1) is 12.5 Å². The van der Waals surface area contributed by atoms with E-state index in [1.807, 2.05) is 67.3 Å². The van der Waals surface area contributed by atoms with Crippen LogP contribution >= 0.6 is 0 Å². The van der Waals surface area contributed by atoms with Gasteiger partial charge in [-0.1, -0.05) is 66.3 Å². The van der Waals surface area contributed by atoms with Gasteiger partial charge in [-0.15, -0.1) is 0 Å². The van der Waals surface area contributed by atoms with Crippen LogP contribution in [-0.4, -0.2) is 11.9 Å². The molecule has 28 heavy (non-hydrogen) atoms. The van der Waals surface area contributed by atoms with Gasteiger partial charge >= 0.3 is 0 Å². The largest absolute Gasteiger partial charge is 0.489 e. The van der Waals surface area contributed by atoms with Gasteiger partial charge in [-0.2, -0.15) is 0 Å². The molecule has 1 amide bonds. The fraction of sp³-hybridized carbons (Fsp3) is 0.240. The van der Waals surface area contributed by atoms with Crippen molar-refractivity contribution in [2.24, 2.45) is 0 Å². The summed E-state index contributed by atoms with van der Waals surface area (Å²) in [5.74, 6) is 0.959. The number of β-lactam (4-membered cyclic amide) rings is 1. The molecule has 0 N–H and O–H groups in total. The number of anilines is 1. The molecule has 0 aromatic heterocycles. The van der Waals surface area contributed by atoms with E-state index < -0.39 is 0 Å². The van der Waals surface area contributed by atoms with E-state index in [-0.39, 0.29) is 11.9 Å². The molecule has 1 fully saturated rings.